The summed E-state index contributed by atoms with van der Waals surface area (Å²) in [6, 6.07) is 4.11. The first-order valence-corrected chi connectivity index (χ1v) is 8.62. The summed E-state index contributed by atoms with van der Waals surface area (Å²) in [6.45, 7) is 7.23. The predicted octanol–water partition coefficient (Wildman–Crippen LogP) is 2.55. The highest BCUT2D eigenvalue weighted by Crippen LogP contribution is 2.24. The third-order valence-electron chi connectivity index (χ3n) is 5.16. The molecule has 3 heterocycles. The van der Waals surface area contributed by atoms with Crippen molar-refractivity contribution in [2.75, 3.05) is 26.2 Å². The van der Waals surface area contributed by atoms with Crippen LogP contribution in [0.1, 0.15) is 38.2 Å². The number of piperidine rings is 2. The molecule has 0 atom stereocenters. The van der Waals surface area contributed by atoms with Gasteiger partial charge < -0.3 is 4.90 Å². The van der Waals surface area contributed by atoms with Gasteiger partial charge in [-0.1, -0.05) is 13.0 Å². The van der Waals surface area contributed by atoms with Gasteiger partial charge in [0.2, 0.25) is 5.91 Å². The summed E-state index contributed by atoms with van der Waals surface area (Å²) in [5.41, 5.74) is 1.26. The van der Waals surface area contributed by atoms with E-state index in [1.807, 2.05) is 18.5 Å². The van der Waals surface area contributed by atoms with Gasteiger partial charge in [0.05, 0.1) is 0 Å². The molecule has 4 heteroatoms. The second-order valence-corrected chi connectivity index (χ2v) is 6.92. The topological polar surface area (TPSA) is 36.4 Å². The van der Waals surface area contributed by atoms with E-state index in [2.05, 4.69) is 27.8 Å². The zero-order chi connectivity index (χ0) is 15.4. The maximum absolute atomic E-state index is 12.6. The van der Waals surface area contributed by atoms with Crippen LogP contribution in [0, 0.1) is 11.8 Å². The lowest BCUT2D eigenvalue weighted by atomic mass is 9.92. The maximum atomic E-state index is 12.6. The van der Waals surface area contributed by atoms with Crippen molar-refractivity contribution in [2.24, 2.45) is 11.8 Å². The highest BCUT2D eigenvalue weighted by atomic mass is 16.2. The van der Waals surface area contributed by atoms with Gasteiger partial charge in [-0.05, 0) is 56.3 Å². The van der Waals surface area contributed by atoms with Gasteiger partial charge in [0.15, 0.2) is 0 Å². The zero-order valence-corrected chi connectivity index (χ0v) is 13.6. The molecule has 3 rings (SSSR count). The summed E-state index contributed by atoms with van der Waals surface area (Å²) < 4.78 is 0. The minimum absolute atomic E-state index is 0.249. The molecule has 1 aromatic rings. The smallest absolute Gasteiger partial charge is 0.225 e. The third kappa shape index (κ3) is 3.86. The van der Waals surface area contributed by atoms with E-state index < -0.39 is 0 Å². The molecule has 2 aliphatic rings. The monoisotopic (exact) mass is 301 g/mol. The van der Waals surface area contributed by atoms with Gasteiger partial charge in [-0.3, -0.25) is 14.7 Å². The Bertz CT molecular complexity index is 474. The van der Waals surface area contributed by atoms with Gasteiger partial charge in [0, 0.05) is 37.9 Å². The average molecular weight is 301 g/mol. The lowest BCUT2D eigenvalue weighted by Gasteiger charge is -2.36. The normalized spacial score (nSPS) is 22.0. The summed E-state index contributed by atoms with van der Waals surface area (Å²) in [5.74, 6) is 1.44. The van der Waals surface area contributed by atoms with Crippen molar-refractivity contribution in [3.63, 3.8) is 0 Å². The molecule has 22 heavy (non-hydrogen) atoms. The number of likely N-dealkylation sites (tertiary alicyclic amines) is 2. The van der Waals surface area contributed by atoms with E-state index in [-0.39, 0.29) is 5.92 Å². The number of pyridine rings is 1. The number of carbonyl (C=O) groups is 1. The number of hydrogen-bond acceptors (Lipinski definition) is 3. The first-order valence-electron chi connectivity index (χ1n) is 8.62. The molecule has 0 unspecified atom stereocenters. The Morgan fingerprint density at radius 3 is 2.55 bits per heavy atom. The fourth-order valence-corrected chi connectivity index (χ4v) is 3.58. The molecule has 0 radical (unpaired) electrons. The van der Waals surface area contributed by atoms with Crippen LogP contribution >= 0.6 is 0 Å². The van der Waals surface area contributed by atoms with Crippen LogP contribution < -0.4 is 0 Å². The number of rotatable bonds is 3. The molecule has 120 valence electrons. The van der Waals surface area contributed by atoms with Crippen LogP contribution in [-0.2, 0) is 11.3 Å². The number of nitrogens with zero attached hydrogens (tertiary/aromatic N) is 3. The average Bonchev–Trinajstić information content (AvgIpc) is 2.57. The molecule has 0 aliphatic carbocycles. The van der Waals surface area contributed by atoms with E-state index in [0.717, 1.165) is 51.5 Å². The van der Waals surface area contributed by atoms with Crippen molar-refractivity contribution in [1.29, 1.82) is 0 Å². The van der Waals surface area contributed by atoms with Crippen LogP contribution in [-0.4, -0.2) is 46.9 Å². The minimum atomic E-state index is 0.249. The summed E-state index contributed by atoms with van der Waals surface area (Å²) in [4.78, 5) is 21.4. The van der Waals surface area contributed by atoms with E-state index in [9.17, 15) is 4.79 Å². The predicted molar refractivity (Wildman–Crippen MR) is 87.2 cm³/mol. The first-order chi connectivity index (χ1) is 10.7. The lowest BCUT2D eigenvalue weighted by Crippen LogP contribution is -2.45. The first kappa shape index (κ1) is 15.5. The highest BCUT2D eigenvalue weighted by molar-refractivity contribution is 5.79. The fourth-order valence-electron chi connectivity index (χ4n) is 3.58. The molecule has 4 nitrogen and oxygen atoms in total. The Morgan fingerprint density at radius 2 is 1.91 bits per heavy atom. The van der Waals surface area contributed by atoms with Gasteiger partial charge in [0.25, 0.3) is 0 Å². The molecule has 0 spiro atoms. The van der Waals surface area contributed by atoms with Gasteiger partial charge >= 0.3 is 0 Å². The van der Waals surface area contributed by atoms with Gasteiger partial charge in [-0.2, -0.15) is 0 Å². The Kier molecular flexibility index (Phi) is 5.08. The number of carbonyl (C=O) groups excluding carboxylic acids is 1. The van der Waals surface area contributed by atoms with Crippen molar-refractivity contribution in [1.82, 2.24) is 14.8 Å². The van der Waals surface area contributed by atoms with Crippen LogP contribution in [0.5, 0.6) is 0 Å². The van der Waals surface area contributed by atoms with Crippen LogP contribution in [0.15, 0.2) is 24.5 Å². The van der Waals surface area contributed by atoms with Crippen LogP contribution in [0.2, 0.25) is 0 Å². The van der Waals surface area contributed by atoms with Crippen molar-refractivity contribution >= 4 is 5.91 Å². The molecular weight excluding hydrogens is 274 g/mol. The van der Waals surface area contributed by atoms with Gasteiger partial charge in [-0.15, -0.1) is 0 Å². The molecular formula is C18H27N3O. The van der Waals surface area contributed by atoms with Crippen molar-refractivity contribution in [3.05, 3.63) is 30.1 Å². The fraction of sp³-hybridized carbons (Fsp3) is 0.667. The van der Waals surface area contributed by atoms with Crippen LogP contribution in [0.3, 0.4) is 0 Å². The van der Waals surface area contributed by atoms with Crippen molar-refractivity contribution in [3.8, 4) is 0 Å². The summed E-state index contributed by atoms with van der Waals surface area (Å²) in [6.07, 6.45) is 8.10. The SMILES string of the molecule is CC1CCN(C(=O)C2CCN(Cc3cccnc3)CC2)CC1. The summed E-state index contributed by atoms with van der Waals surface area (Å²) in [5, 5.41) is 0. The second-order valence-electron chi connectivity index (χ2n) is 6.92. The van der Waals surface area contributed by atoms with E-state index in [4.69, 9.17) is 0 Å². The molecule has 1 amide bonds. The maximum Gasteiger partial charge on any atom is 0.225 e. The quantitative estimate of drug-likeness (QED) is 0.861. The molecule has 0 N–H and O–H groups in total. The van der Waals surface area contributed by atoms with E-state index in [1.165, 1.54) is 18.4 Å². The lowest BCUT2D eigenvalue weighted by molar-refractivity contribution is -0.138. The molecule has 0 aromatic carbocycles. The Labute approximate surface area is 133 Å². The van der Waals surface area contributed by atoms with Gasteiger partial charge in [0.1, 0.15) is 0 Å². The Morgan fingerprint density at radius 1 is 1.18 bits per heavy atom. The Hall–Kier alpha value is -1.42. The van der Waals surface area contributed by atoms with Crippen LogP contribution in [0.4, 0.5) is 0 Å². The molecule has 0 bridgehead atoms. The third-order valence-corrected chi connectivity index (χ3v) is 5.16. The van der Waals surface area contributed by atoms with E-state index in [1.54, 1.807) is 0 Å². The summed E-state index contributed by atoms with van der Waals surface area (Å²) >= 11 is 0. The number of amides is 1. The van der Waals surface area contributed by atoms with E-state index in [0.29, 0.717) is 5.91 Å². The van der Waals surface area contributed by atoms with Crippen molar-refractivity contribution < 1.29 is 4.79 Å². The molecule has 1 aromatic heterocycles. The molecule has 2 aliphatic heterocycles. The minimum Gasteiger partial charge on any atom is -0.342 e. The molecule has 2 fully saturated rings. The Balaban J connectivity index is 1.46. The number of aromatic nitrogens is 1. The van der Waals surface area contributed by atoms with Crippen LogP contribution in [0.25, 0.3) is 0 Å². The molecule has 0 saturated carbocycles. The summed E-state index contributed by atoms with van der Waals surface area (Å²) in [7, 11) is 0. The molecule has 2 saturated heterocycles. The van der Waals surface area contributed by atoms with Crippen molar-refractivity contribution in [2.45, 2.75) is 39.2 Å². The number of hydrogen-bond donors (Lipinski definition) is 0. The second kappa shape index (κ2) is 7.23. The highest BCUT2D eigenvalue weighted by Gasteiger charge is 2.30. The largest absolute Gasteiger partial charge is 0.342 e. The zero-order valence-electron chi connectivity index (χ0n) is 13.6. The standard InChI is InChI=1S/C18H27N3O/c1-15-4-11-21(12-5-15)18(22)17-6-9-20(10-7-17)14-16-3-2-8-19-13-16/h2-3,8,13,15,17H,4-7,9-12,14H2,1H3. The van der Waals surface area contributed by atoms with Gasteiger partial charge in [-0.25, -0.2) is 0 Å². The van der Waals surface area contributed by atoms with E-state index >= 15 is 0 Å².